The molecule has 0 aliphatic carbocycles. The van der Waals surface area contributed by atoms with Crippen LogP contribution in [0.5, 0.6) is 0 Å². The number of benzene rings is 1. The average Bonchev–Trinajstić information content (AvgIpc) is 2.32. The van der Waals surface area contributed by atoms with Gasteiger partial charge in [0.15, 0.2) is 5.78 Å². The van der Waals surface area contributed by atoms with E-state index in [1.54, 1.807) is 6.07 Å². The summed E-state index contributed by atoms with van der Waals surface area (Å²) in [7, 11) is 0. The third kappa shape index (κ3) is 2.53. The summed E-state index contributed by atoms with van der Waals surface area (Å²) in [6.45, 7) is 0. The van der Waals surface area contributed by atoms with Crippen molar-refractivity contribution < 1.29 is 13.6 Å². The average molecular weight is 233 g/mol. The molecule has 0 aliphatic rings. The fourth-order valence-electron chi connectivity index (χ4n) is 1.50. The van der Waals surface area contributed by atoms with Crippen molar-refractivity contribution in [1.82, 2.24) is 4.98 Å². The van der Waals surface area contributed by atoms with Crippen LogP contribution in [0, 0.1) is 11.6 Å². The van der Waals surface area contributed by atoms with Gasteiger partial charge in [0.2, 0.25) is 0 Å². The van der Waals surface area contributed by atoms with Gasteiger partial charge in [-0.25, -0.2) is 8.78 Å². The highest BCUT2D eigenvalue weighted by Gasteiger charge is 2.13. The molecule has 2 rings (SSSR count). The SMILES string of the molecule is O=C(Cc1ccncc1F)c1ccccc1F. The second kappa shape index (κ2) is 4.82. The van der Waals surface area contributed by atoms with Crippen LogP contribution < -0.4 is 0 Å². The third-order valence-corrected chi connectivity index (χ3v) is 2.38. The second-order valence-electron chi connectivity index (χ2n) is 3.55. The number of halogens is 2. The lowest BCUT2D eigenvalue weighted by atomic mass is 10.0. The normalized spacial score (nSPS) is 10.2. The Morgan fingerprint density at radius 2 is 1.88 bits per heavy atom. The summed E-state index contributed by atoms with van der Waals surface area (Å²) in [6.07, 6.45) is 2.26. The van der Waals surface area contributed by atoms with Crippen LogP contribution in [0.2, 0.25) is 0 Å². The summed E-state index contributed by atoms with van der Waals surface area (Å²) in [4.78, 5) is 15.3. The van der Waals surface area contributed by atoms with Gasteiger partial charge in [-0.1, -0.05) is 12.1 Å². The molecule has 2 nitrogen and oxygen atoms in total. The Labute approximate surface area is 96.9 Å². The van der Waals surface area contributed by atoms with E-state index < -0.39 is 17.4 Å². The van der Waals surface area contributed by atoms with Crippen molar-refractivity contribution in [3.05, 3.63) is 65.5 Å². The second-order valence-corrected chi connectivity index (χ2v) is 3.55. The molecular weight excluding hydrogens is 224 g/mol. The number of nitrogens with zero attached hydrogens (tertiary/aromatic N) is 1. The fraction of sp³-hybridized carbons (Fsp3) is 0.0769. The predicted molar refractivity (Wildman–Crippen MR) is 58.6 cm³/mol. The molecule has 0 amide bonds. The minimum absolute atomic E-state index is 0.0243. The Bertz CT molecular complexity index is 555. The Kier molecular flexibility index (Phi) is 3.23. The lowest BCUT2D eigenvalue weighted by Gasteiger charge is -2.03. The van der Waals surface area contributed by atoms with E-state index in [1.165, 1.54) is 30.5 Å². The summed E-state index contributed by atoms with van der Waals surface area (Å²) in [6, 6.07) is 7.07. The van der Waals surface area contributed by atoms with Crippen LogP contribution in [-0.4, -0.2) is 10.8 Å². The number of carbonyl (C=O) groups is 1. The summed E-state index contributed by atoms with van der Waals surface area (Å²) in [5, 5.41) is 0. The predicted octanol–water partition coefficient (Wildman–Crippen LogP) is 2.79. The van der Waals surface area contributed by atoms with E-state index in [2.05, 4.69) is 4.98 Å². The van der Waals surface area contributed by atoms with Crippen molar-refractivity contribution in [3.8, 4) is 0 Å². The molecule has 0 saturated heterocycles. The van der Waals surface area contributed by atoms with Gasteiger partial charge in [0, 0.05) is 12.6 Å². The Balaban J connectivity index is 2.24. The molecule has 0 atom stereocenters. The van der Waals surface area contributed by atoms with Gasteiger partial charge in [0.05, 0.1) is 11.8 Å². The zero-order chi connectivity index (χ0) is 12.3. The van der Waals surface area contributed by atoms with Crippen LogP contribution in [-0.2, 0) is 6.42 Å². The molecule has 1 aromatic carbocycles. The molecular formula is C13H9F2NO. The molecule has 0 bridgehead atoms. The standard InChI is InChI=1S/C13H9F2NO/c14-11-4-2-1-3-10(11)13(17)7-9-5-6-16-8-12(9)15/h1-6,8H,7H2. The van der Waals surface area contributed by atoms with Crippen molar-refractivity contribution in [2.75, 3.05) is 0 Å². The number of rotatable bonds is 3. The van der Waals surface area contributed by atoms with E-state index in [4.69, 9.17) is 0 Å². The molecule has 0 spiro atoms. The van der Waals surface area contributed by atoms with Gasteiger partial charge in [-0.15, -0.1) is 0 Å². The molecule has 0 radical (unpaired) electrons. The molecule has 1 heterocycles. The van der Waals surface area contributed by atoms with E-state index in [1.807, 2.05) is 0 Å². The van der Waals surface area contributed by atoms with Crippen molar-refractivity contribution in [3.63, 3.8) is 0 Å². The zero-order valence-corrected chi connectivity index (χ0v) is 8.86. The highest BCUT2D eigenvalue weighted by atomic mass is 19.1. The minimum Gasteiger partial charge on any atom is -0.294 e. The number of pyridine rings is 1. The first-order chi connectivity index (χ1) is 8.18. The summed E-state index contributed by atoms with van der Waals surface area (Å²) < 4.78 is 26.6. The van der Waals surface area contributed by atoms with E-state index in [9.17, 15) is 13.6 Å². The van der Waals surface area contributed by atoms with E-state index in [-0.39, 0.29) is 17.5 Å². The molecule has 2 aromatic rings. The highest BCUT2D eigenvalue weighted by Crippen LogP contribution is 2.12. The number of hydrogen-bond acceptors (Lipinski definition) is 2. The molecule has 0 aliphatic heterocycles. The van der Waals surface area contributed by atoms with Gasteiger partial charge in [0.1, 0.15) is 11.6 Å². The molecule has 0 unspecified atom stereocenters. The number of aromatic nitrogens is 1. The van der Waals surface area contributed by atoms with Crippen molar-refractivity contribution in [1.29, 1.82) is 0 Å². The van der Waals surface area contributed by atoms with Crippen LogP contribution in [0.3, 0.4) is 0 Å². The summed E-state index contributed by atoms with van der Waals surface area (Å²) in [5.41, 5.74) is 0.192. The molecule has 86 valence electrons. The summed E-state index contributed by atoms with van der Waals surface area (Å²) in [5.74, 6) is -1.60. The zero-order valence-electron chi connectivity index (χ0n) is 8.86. The van der Waals surface area contributed by atoms with Crippen LogP contribution in [0.1, 0.15) is 15.9 Å². The molecule has 4 heteroatoms. The number of ketones is 1. The maximum Gasteiger partial charge on any atom is 0.170 e. The van der Waals surface area contributed by atoms with Crippen molar-refractivity contribution >= 4 is 5.78 Å². The van der Waals surface area contributed by atoms with Crippen LogP contribution in [0.4, 0.5) is 8.78 Å². The van der Waals surface area contributed by atoms with E-state index in [0.717, 1.165) is 6.20 Å². The Morgan fingerprint density at radius 1 is 1.12 bits per heavy atom. The topological polar surface area (TPSA) is 30.0 Å². The highest BCUT2D eigenvalue weighted by molar-refractivity contribution is 5.97. The lowest BCUT2D eigenvalue weighted by Crippen LogP contribution is -2.07. The first-order valence-electron chi connectivity index (χ1n) is 5.04. The number of Topliss-reactive ketones (excluding diaryl/α,β-unsaturated/α-hetero) is 1. The molecule has 0 fully saturated rings. The number of carbonyl (C=O) groups excluding carboxylic acids is 1. The van der Waals surface area contributed by atoms with Gasteiger partial charge in [0.25, 0.3) is 0 Å². The quantitative estimate of drug-likeness (QED) is 0.763. The maximum atomic E-state index is 13.3. The smallest absolute Gasteiger partial charge is 0.170 e. The van der Waals surface area contributed by atoms with Gasteiger partial charge in [-0.2, -0.15) is 0 Å². The maximum absolute atomic E-state index is 13.3. The Hall–Kier alpha value is -2.10. The minimum atomic E-state index is -0.591. The van der Waals surface area contributed by atoms with Gasteiger partial charge in [-0.05, 0) is 23.8 Å². The van der Waals surface area contributed by atoms with Crippen LogP contribution in [0.25, 0.3) is 0 Å². The monoisotopic (exact) mass is 233 g/mol. The lowest BCUT2D eigenvalue weighted by molar-refractivity contribution is 0.0988. The van der Waals surface area contributed by atoms with Crippen molar-refractivity contribution in [2.45, 2.75) is 6.42 Å². The Morgan fingerprint density at radius 3 is 2.59 bits per heavy atom. The first kappa shape index (κ1) is 11.4. The summed E-state index contributed by atoms with van der Waals surface area (Å²) >= 11 is 0. The first-order valence-corrected chi connectivity index (χ1v) is 5.04. The van der Waals surface area contributed by atoms with Gasteiger partial charge >= 0.3 is 0 Å². The fourth-order valence-corrected chi connectivity index (χ4v) is 1.50. The van der Waals surface area contributed by atoms with E-state index >= 15 is 0 Å². The molecule has 0 N–H and O–H groups in total. The molecule has 0 saturated carbocycles. The molecule has 1 aromatic heterocycles. The third-order valence-electron chi connectivity index (χ3n) is 2.38. The molecule has 17 heavy (non-hydrogen) atoms. The largest absolute Gasteiger partial charge is 0.294 e. The van der Waals surface area contributed by atoms with Gasteiger partial charge in [-0.3, -0.25) is 9.78 Å². The van der Waals surface area contributed by atoms with E-state index in [0.29, 0.717) is 0 Å². The van der Waals surface area contributed by atoms with Crippen LogP contribution >= 0.6 is 0 Å². The van der Waals surface area contributed by atoms with Crippen LogP contribution in [0.15, 0.2) is 42.7 Å². The number of hydrogen-bond donors (Lipinski definition) is 0. The van der Waals surface area contributed by atoms with Crippen molar-refractivity contribution in [2.24, 2.45) is 0 Å². The van der Waals surface area contributed by atoms with Gasteiger partial charge < -0.3 is 0 Å².